The van der Waals surface area contributed by atoms with Gasteiger partial charge in [-0.05, 0) is 45.9 Å². The highest BCUT2D eigenvalue weighted by atomic mass is 32.1. The van der Waals surface area contributed by atoms with Crippen molar-refractivity contribution in [1.82, 2.24) is 9.80 Å². The first-order valence-electron chi connectivity index (χ1n) is 5.73. The Balaban J connectivity index is 2.15. The molecular formula is C11H23N3S. The van der Waals surface area contributed by atoms with Crippen LogP contribution in [0.15, 0.2) is 0 Å². The van der Waals surface area contributed by atoms with Crippen molar-refractivity contribution in [3.8, 4) is 0 Å². The van der Waals surface area contributed by atoms with Gasteiger partial charge in [0.2, 0.25) is 0 Å². The molecule has 15 heavy (non-hydrogen) atoms. The van der Waals surface area contributed by atoms with Crippen LogP contribution in [-0.4, -0.2) is 55.1 Å². The molecule has 4 heteroatoms. The second-order valence-electron chi connectivity index (χ2n) is 4.76. The maximum absolute atomic E-state index is 5.50. The molecule has 0 atom stereocenters. The van der Waals surface area contributed by atoms with E-state index in [0.717, 1.165) is 18.9 Å². The number of nitrogens with zero attached hydrogens (tertiary/aromatic N) is 2. The van der Waals surface area contributed by atoms with Crippen LogP contribution in [-0.2, 0) is 0 Å². The number of hydrogen-bond acceptors (Lipinski definition) is 3. The van der Waals surface area contributed by atoms with Crippen LogP contribution < -0.4 is 5.73 Å². The van der Waals surface area contributed by atoms with Gasteiger partial charge in [0.15, 0.2) is 0 Å². The van der Waals surface area contributed by atoms with Gasteiger partial charge in [-0.25, -0.2) is 0 Å². The van der Waals surface area contributed by atoms with Crippen molar-refractivity contribution in [3.05, 3.63) is 0 Å². The number of rotatable bonds is 5. The van der Waals surface area contributed by atoms with E-state index in [4.69, 9.17) is 18.0 Å². The molecule has 1 fully saturated rings. The van der Waals surface area contributed by atoms with Gasteiger partial charge in [-0.2, -0.15) is 0 Å². The molecule has 1 aliphatic heterocycles. The molecule has 0 radical (unpaired) electrons. The maximum Gasteiger partial charge on any atom is 0.0740 e. The average Bonchev–Trinajstić information content (AvgIpc) is 2.16. The van der Waals surface area contributed by atoms with Gasteiger partial charge >= 0.3 is 0 Å². The van der Waals surface area contributed by atoms with Crippen molar-refractivity contribution in [3.63, 3.8) is 0 Å². The lowest BCUT2D eigenvalue weighted by molar-refractivity contribution is 0.166. The van der Waals surface area contributed by atoms with Gasteiger partial charge in [-0.15, -0.1) is 0 Å². The first-order chi connectivity index (χ1) is 7.08. The van der Waals surface area contributed by atoms with Crippen molar-refractivity contribution in [2.24, 2.45) is 11.7 Å². The Labute approximate surface area is 98.6 Å². The SMILES string of the molecule is CN(C)CC1CCN(CCC(N)=S)CC1. The van der Waals surface area contributed by atoms with E-state index in [-0.39, 0.29) is 0 Å². The molecule has 0 amide bonds. The van der Waals surface area contributed by atoms with Gasteiger partial charge < -0.3 is 15.5 Å². The number of piperidine rings is 1. The quantitative estimate of drug-likeness (QED) is 0.711. The van der Waals surface area contributed by atoms with E-state index in [1.54, 1.807) is 0 Å². The first-order valence-corrected chi connectivity index (χ1v) is 6.14. The molecular weight excluding hydrogens is 206 g/mol. The molecule has 0 spiro atoms. The summed E-state index contributed by atoms with van der Waals surface area (Å²) in [6.07, 6.45) is 3.50. The minimum Gasteiger partial charge on any atom is -0.393 e. The zero-order valence-electron chi connectivity index (χ0n) is 9.91. The molecule has 0 aromatic heterocycles. The van der Waals surface area contributed by atoms with Gasteiger partial charge in [0.05, 0.1) is 4.99 Å². The molecule has 1 rings (SSSR count). The van der Waals surface area contributed by atoms with Crippen molar-refractivity contribution in [2.45, 2.75) is 19.3 Å². The Morgan fingerprint density at radius 2 is 2.00 bits per heavy atom. The molecule has 0 aromatic carbocycles. The summed E-state index contributed by atoms with van der Waals surface area (Å²) in [5.41, 5.74) is 5.50. The molecule has 0 aromatic rings. The summed E-state index contributed by atoms with van der Waals surface area (Å²) in [5.74, 6) is 0.876. The number of nitrogens with two attached hydrogens (primary N) is 1. The van der Waals surface area contributed by atoms with E-state index < -0.39 is 0 Å². The third-order valence-electron chi connectivity index (χ3n) is 3.00. The highest BCUT2D eigenvalue weighted by Crippen LogP contribution is 2.17. The number of likely N-dealkylation sites (tertiary alicyclic amines) is 1. The van der Waals surface area contributed by atoms with E-state index in [0.29, 0.717) is 4.99 Å². The van der Waals surface area contributed by atoms with Gasteiger partial charge in [-0.3, -0.25) is 0 Å². The topological polar surface area (TPSA) is 32.5 Å². The Kier molecular flexibility index (Phi) is 5.50. The summed E-state index contributed by atoms with van der Waals surface area (Å²) < 4.78 is 0. The molecule has 0 bridgehead atoms. The van der Waals surface area contributed by atoms with E-state index in [1.807, 2.05) is 0 Å². The Morgan fingerprint density at radius 3 is 2.47 bits per heavy atom. The zero-order valence-corrected chi connectivity index (χ0v) is 10.7. The van der Waals surface area contributed by atoms with Crippen molar-refractivity contribution >= 4 is 17.2 Å². The Morgan fingerprint density at radius 1 is 1.40 bits per heavy atom. The first kappa shape index (κ1) is 12.9. The fourth-order valence-corrected chi connectivity index (χ4v) is 2.27. The Hall–Kier alpha value is -0.190. The molecule has 3 nitrogen and oxygen atoms in total. The normalized spacial score (nSPS) is 19.7. The van der Waals surface area contributed by atoms with Crippen LogP contribution in [0.4, 0.5) is 0 Å². The third-order valence-corrected chi connectivity index (χ3v) is 3.21. The molecule has 0 unspecified atom stereocenters. The molecule has 1 aliphatic rings. The summed E-state index contributed by atoms with van der Waals surface area (Å²) in [5, 5.41) is 0. The van der Waals surface area contributed by atoms with Crippen molar-refractivity contribution in [1.29, 1.82) is 0 Å². The minimum atomic E-state index is 0.644. The van der Waals surface area contributed by atoms with Gasteiger partial charge in [0.1, 0.15) is 0 Å². The molecule has 88 valence electrons. The largest absolute Gasteiger partial charge is 0.393 e. The second kappa shape index (κ2) is 6.40. The number of thiocarbonyl (C=S) groups is 1. The van der Waals surface area contributed by atoms with Crippen molar-refractivity contribution < 1.29 is 0 Å². The fourth-order valence-electron chi connectivity index (χ4n) is 2.18. The third kappa shape index (κ3) is 5.44. The van der Waals surface area contributed by atoms with Gasteiger partial charge in [0, 0.05) is 19.5 Å². The standard InChI is InChI=1S/C11H23N3S/c1-13(2)9-10-3-6-14(7-4-10)8-5-11(12)15/h10H,3-9H2,1-2H3,(H2,12,15). The highest BCUT2D eigenvalue weighted by Gasteiger charge is 2.19. The molecule has 0 aliphatic carbocycles. The monoisotopic (exact) mass is 229 g/mol. The van der Waals surface area contributed by atoms with Gasteiger partial charge in [-0.1, -0.05) is 12.2 Å². The van der Waals surface area contributed by atoms with Crippen LogP contribution in [0.5, 0.6) is 0 Å². The predicted molar refractivity (Wildman–Crippen MR) is 69.1 cm³/mol. The van der Waals surface area contributed by atoms with E-state index >= 15 is 0 Å². The Bertz CT molecular complexity index is 198. The van der Waals surface area contributed by atoms with Crippen LogP contribution >= 0.6 is 12.2 Å². The molecule has 1 heterocycles. The molecule has 2 N–H and O–H groups in total. The summed E-state index contributed by atoms with van der Waals surface area (Å²) in [6, 6.07) is 0. The second-order valence-corrected chi connectivity index (χ2v) is 5.29. The lowest BCUT2D eigenvalue weighted by Crippen LogP contribution is -2.38. The summed E-state index contributed by atoms with van der Waals surface area (Å²) in [4.78, 5) is 5.41. The molecule has 1 saturated heterocycles. The summed E-state index contributed by atoms with van der Waals surface area (Å²) in [7, 11) is 4.30. The maximum atomic E-state index is 5.50. The van der Waals surface area contributed by atoms with Gasteiger partial charge in [0.25, 0.3) is 0 Å². The summed E-state index contributed by atoms with van der Waals surface area (Å²) >= 11 is 4.89. The fraction of sp³-hybridized carbons (Fsp3) is 0.909. The molecule has 0 saturated carbocycles. The van der Waals surface area contributed by atoms with Crippen LogP contribution in [0.3, 0.4) is 0 Å². The lowest BCUT2D eigenvalue weighted by atomic mass is 9.96. The predicted octanol–water partition coefficient (Wildman–Crippen LogP) is 0.936. The highest BCUT2D eigenvalue weighted by molar-refractivity contribution is 7.80. The zero-order chi connectivity index (χ0) is 11.3. The van der Waals surface area contributed by atoms with E-state index in [9.17, 15) is 0 Å². The van der Waals surface area contributed by atoms with E-state index in [1.165, 1.54) is 32.5 Å². The average molecular weight is 229 g/mol. The minimum absolute atomic E-state index is 0.644. The number of hydrogen-bond donors (Lipinski definition) is 1. The van der Waals surface area contributed by atoms with Crippen LogP contribution in [0.1, 0.15) is 19.3 Å². The summed E-state index contributed by atoms with van der Waals surface area (Å²) in [6.45, 7) is 4.69. The van der Waals surface area contributed by atoms with E-state index in [2.05, 4.69) is 23.9 Å². The van der Waals surface area contributed by atoms with Crippen LogP contribution in [0, 0.1) is 5.92 Å². The van der Waals surface area contributed by atoms with Crippen LogP contribution in [0.25, 0.3) is 0 Å². The van der Waals surface area contributed by atoms with Crippen LogP contribution in [0.2, 0.25) is 0 Å². The lowest BCUT2D eigenvalue weighted by Gasteiger charge is -2.33. The van der Waals surface area contributed by atoms with Crippen molar-refractivity contribution in [2.75, 3.05) is 40.3 Å². The smallest absolute Gasteiger partial charge is 0.0740 e.